The van der Waals surface area contributed by atoms with Crippen LogP contribution in [-0.2, 0) is 0 Å². The lowest BCUT2D eigenvalue weighted by Gasteiger charge is -2.37. The molecule has 10 aromatic carbocycles. The molecule has 8 aliphatic heterocycles. The predicted molar refractivity (Wildman–Crippen MR) is 543 cm³/mol. The van der Waals surface area contributed by atoms with E-state index in [4.69, 9.17) is 9.97 Å². The molecule has 21 rings (SSSR count). The van der Waals surface area contributed by atoms with Crippen molar-refractivity contribution in [3.8, 4) is 11.4 Å². The number of aromatic nitrogens is 2. The molecule has 128 heavy (non-hydrogen) atoms. The van der Waals surface area contributed by atoms with Crippen molar-refractivity contribution in [3.05, 3.63) is 277 Å². The van der Waals surface area contributed by atoms with E-state index in [-0.39, 0.29) is 37.0 Å². The first kappa shape index (κ1) is 86.3. The lowest BCUT2D eigenvalue weighted by Crippen LogP contribution is -2.44. The Bertz CT molecular complexity index is 5630. The van der Waals surface area contributed by atoms with Crippen LogP contribution in [0.25, 0.3) is 11.4 Å². The molecule has 2 fully saturated rings. The highest BCUT2D eigenvalue weighted by molar-refractivity contribution is 5.94. The van der Waals surface area contributed by atoms with Crippen molar-refractivity contribution in [2.75, 3.05) is 96.8 Å². The van der Waals surface area contributed by atoms with E-state index in [0.717, 1.165) is 28.6 Å². The number of hydrogen-bond donors (Lipinski definition) is 0. The predicted octanol–water partition coefficient (Wildman–Crippen LogP) is 26.0. The van der Waals surface area contributed by atoms with E-state index in [1.807, 2.05) is 0 Å². The summed E-state index contributed by atoms with van der Waals surface area (Å²) in [7, 11) is 8.53. The number of para-hydroxylation sites is 12. The average molecular weight is 1710 g/mol. The maximum atomic E-state index is 5.08. The summed E-state index contributed by atoms with van der Waals surface area (Å²) < 4.78 is 0. The van der Waals surface area contributed by atoms with Crippen molar-refractivity contribution in [2.45, 2.75) is 249 Å². The molecule has 9 heterocycles. The van der Waals surface area contributed by atoms with Gasteiger partial charge in [-0.1, -0.05) is 135 Å². The molecule has 18 heteroatoms. The Balaban J connectivity index is 0.000000116. The van der Waals surface area contributed by atoms with Crippen LogP contribution >= 0.6 is 0 Å². The zero-order valence-corrected chi connectivity index (χ0v) is 79.7. The second-order valence-electron chi connectivity index (χ2n) is 37.7. The van der Waals surface area contributed by atoms with Gasteiger partial charge in [0.1, 0.15) is 61.0 Å². The summed E-state index contributed by atoms with van der Waals surface area (Å²) in [6, 6.07) is 82.1. The van der Waals surface area contributed by atoms with E-state index < -0.39 is 0 Å². The summed E-state index contributed by atoms with van der Waals surface area (Å²) in [4.78, 5) is 49.3. The molecule has 0 amide bonds. The minimum atomic E-state index is 0.205. The van der Waals surface area contributed by atoms with Crippen LogP contribution in [0.15, 0.2) is 243 Å². The molecule has 8 atom stereocenters. The van der Waals surface area contributed by atoms with Gasteiger partial charge >= 0.3 is 0 Å². The summed E-state index contributed by atoms with van der Waals surface area (Å²) in [5, 5.41) is 0. The molecule has 0 saturated heterocycles. The van der Waals surface area contributed by atoms with Crippen LogP contribution in [0.1, 0.15) is 168 Å². The van der Waals surface area contributed by atoms with Crippen molar-refractivity contribution >= 4 is 114 Å². The van der Waals surface area contributed by atoms with Gasteiger partial charge < -0.3 is 78.4 Å². The molecule has 0 N–H and O–H groups in total. The molecule has 2 saturated carbocycles. The van der Waals surface area contributed by atoms with Gasteiger partial charge in [0.05, 0.1) is 68.2 Å². The Morgan fingerprint density at radius 1 is 0.258 bits per heavy atom. The standard InChI is InChI=1S/C33H40N4.C29H36N4.C25H28N4.C23H30N6/c1-23-28(36-24(2)34(26-13-4-5-14-26)30-17-8-10-19-32(30)36)21-12-22-29(23)37-25(3)35(27-15-6-7-16-27)31-18-9-11-20-33(31)37;1-19(2)30-22(6)32(28-15-10-8-13-26(28)30)24-17-12-18-25(21(24)5)33-23(7)31(20(3)4)27-14-9-11-16-29(27)33;1-17-20(28-18(2)26(4)22-11-6-8-13-24(22)28)15-10-16-21(17)29-19(3)27(5)23-12-7-9-14-25(23)29;1-15-9-8-10-16(2)20(15)21-24-22(28-13-11-26(6)18(28)4)17(3)23(25-21)29-14-12-27(7)19(29)5/h8-12,17-22,24-27H,4-7,13-16H2,1-3H3;8-20,22-23H,1-7H3;6-16,18-19H,1-5H3;8-14,18-19H,1-7H3/t24-,25+;22-,23+;2*18-,19+. The van der Waals surface area contributed by atoms with Crippen molar-refractivity contribution in [1.82, 2.24) is 19.8 Å². The third-order valence-corrected chi connectivity index (χ3v) is 29.8. The summed E-state index contributed by atoms with van der Waals surface area (Å²) in [5.41, 5.74) is 32.2. The number of anilines is 20. The van der Waals surface area contributed by atoms with Crippen LogP contribution in [0.5, 0.6) is 0 Å². The fourth-order valence-electron chi connectivity index (χ4n) is 22.9. The molecule has 11 aromatic rings. The minimum Gasteiger partial charge on any atom is -0.359 e. The number of benzene rings is 10. The lowest BCUT2D eigenvalue weighted by atomic mass is 10.0. The average Bonchev–Trinajstić information content (AvgIpc) is 1.66. The van der Waals surface area contributed by atoms with Gasteiger partial charge in [0, 0.05) is 122 Å². The smallest absolute Gasteiger partial charge is 0.164 e. The third-order valence-electron chi connectivity index (χ3n) is 29.8. The Labute approximate surface area is 763 Å². The fraction of sp³-hybridized carbons (Fsp3) is 0.382. The Hall–Kier alpha value is -12.4. The second-order valence-corrected chi connectivity index (χ2v) is 37.7. The molecule has 664 valence electrons. The van der Waals surface area contributed by atoms with E-state index in [0.29, 0.717) is 36.5 Å². The van der Waals surface area contributed by atoms with Crippen molar-refractivity contribution in [2.24, 2.45) is 0 Å². The largest absolute Gasteiger partial charge is 0.359 e. The van der Waals surface area contributed by atoms with Crippen LogP contribution < -0.4 is 68.6 Å². The van der Waals surface area contributed by atoms with Crippen LogP contribution in [0, 0.1) is 41.5 Å². The van der Waals surface area contributed by atoms with Crippen molar-refractivity contribution < 1.29 is 0 Å². The first-order valence-corrected chi connectivity index (χ1v) is 47.3. The zero-order valence-electron chi connectivity index (χ0n) is 79.7. The number of aryl methyl sites for hydroxylation is 2. The van der Waals surface area contributed by atoms with E-state index in [1.165, 1.54) is 182 Å². The first-order valence-electron chi connectivity index (χ1n) is 47.3. The van der Waals surface area contributed by atoms with Gasteiger partial charge in [-0.2, -0.15) is 0 Å². The van der Waals surface area contributed by atoms with E-state index in [2.05, 4.69) is 474 Å². The summed E-state index contributed by atoms with van der Waals surface area (Å²) in [6.45, 7) is 40.7. The quantitative estimate of drug-likeness (QED) is 0.110. The van der Waals surface area contributed by atoms with Gasteiger partial charge in [-0.15, -0.1) is 0 Å². The van der Waals surface area contributed by atoms with Crippen molar-refractivity contribution in [3.63, 3.8) is 0 Å². The highest BCUT2D eigenvalue weighted by Gasteiger charge is 2.45. The monoisotopic (exact) mass is 1710 g/mol. The number of nitrogens with zero attached hydrogens (tertiary/aromatic N) is 18. The van der Waals surface area contributed by atoms with Crippen LogP contribution in [0.3, 0.4) is 0 Å². The number of fused-ring (bicyclic) bond motifs is 6. The van der Waals surface area contributed by atoms with E-state index in [1.54, 1.807) is 0 Å². The van der Waals surface area contributed by atoms with Crippen LogP contribution in [-0.4, -0.2) is 121 Å². The second kappa shape index (κ2) is 35.0. The summed E-state index contributed by atoms with van der Waals surface area (Å²) in [5.74, 6) is 2.69. The zero-order chi connectivity index (χ0) is 89.7. The van der Waals surface area contributed by atoms with Gasteiger partial charge in [-0.25, -0.2) is 9.97 Å². The molecule has 0 bridgehead atoms. The summed E-state index contributed by atoms with van der Waals surface area (Å²) >= 11 is 0. The first-order chi connectivity index (χ1) is 61.8. The molecule has 0 spiro atoms. The highest BCUT2D eigenvalue weighted by atomic mass is 15.5. The van der Waals surface area contributed by atoms with Gasteiger partial charge in [0.15, 0.2) is 5.82 Å². The van der Waals surface area contributed by atoms with E-state index in [9.17, 15) is 0 Å². The van der Waals surface area contributed by atoms with Crippen LogP contribution in [0.2, 0.25) is 0 Å². The summed E-state index contributed by atoms with van der Waals surface area (Å²) in [6.07, 6.45) is 21.1. The third kappa shape index (κ3) is 14.6. The molecule has 18 nitrogen and oxygen atoms in total. The topological polar surface area (TPSA) is 77.6 Å². The number of rotatable bonds is 13. The van der Waals surface area contributed by atoms with Crippen LogP contribution in [0.4, 0.5) is 114 Å². The van der Waals surface area contributed by atoms with Gasteiger partial charge in [0.25, 0.3) is 0 Å². The lowest BCUT2D eigenvalue weighted by molar-refractivity contribution is 0.379. The Kier molecular flexibility index (Phi) is 23.6. The Morgan fingerprint density at radius 2 is 0.508 bits per heavy atom. The molecular weight excluding hydrogens is 1570 g/mol. The van der Waals surface area contributed by atoms with Crippen molar-refractivity contribution in [1.29, 1.82) is 0 Å². The fourth-order valence-corrected chi connectivity index (χ4v) is 22.9. The maximum absolute atomic E-state index is 5.08. The molecular formula is C110H134N18. The van der Waals surface area contributed by atoms with Gasteiger partial charge in [0.2, 0.25) is 0 Å². The number of hydrogen-bond acceptors (Lipinski definition) is 18. The molecule has 10 aliphatic rings. The molecule has 1 aromatic heterocycles. The molecule has 0 unspecified atom stereocenters. The molecule has 0 radical (unpaired) electrons. The highest BCUT2D eigenvalue weighted by Crippen LogP contribution is 2.56. The molecule has 2 aliphatic carbocycles. The van der Waals surface area contributed by atoms with Gasteiger partial charge in [-0.05, 0) is 287 Å². The SMILES string of the molecule is Cc1c(N2c3ccccc3N(C(C)C)[C@@H]2C)cccc1N1c2ccccc2N(C(C)C)[C@H]1C.Cc1c(N2c3ccccc3N(C)[C@H]2C)cccc1N1c2ccccc2N(C)[C@@H]1C.Cc1c(N2c3ccccc3N(C3CCCC3)[C@@H]2C)cccc1N1c2ccccc2N(C2CCCC2)[C@H]1C.Cc1cccc(C)c1-c1nc(N2C=CN(C)[C@H]2C)c(C)c(N2C=CN(C)[C@@H]2C)n1. The van der Waals surface area contributed by atoms with Gasteiger partial charge in [-0.3, -0.25) is 0 Å². The minimum absolute atomic E-state index is 0.205. The Morgan fingerprint density at radius 3 is 0.805 bits per heavy atom. The van der Waals surface area contributed by atoms with E-state index >= 15 is 0 Å². The maximum Gasteiger partial charge on any atom is 0.164 e. The normalized spacial score (nSPS) is 21.3.